The molecule has 2 unspecified atom stereocenters. The van der Waals surface area contributed by atoms with Crippen LogP contribution in [0.1, 0.15) is 48.0 Å². The first-order valence-electron chi connectivity index (χ1n) is 6.22. The van der Waals surface area contributed by atoms with E-state index in [1.54, 1.807) is 0 Å². The van der Waals surface area contributed by atoms with Crippen LogP contribution in [-0.2, 0) is 0 Å². The van der Waals surface area contributed by atoms with Crippen LogP contribution >= 0.6 is 0 Å². The first-order valence-corrected chi connectivity index (χ1v) is 6.22. The minimum atomic E-state index is 0.414. The van der Waals surface area contributed by atoms with Gasteiger partial charge in [-0.3, -0.25) is 0 Å². The zero-order valence-corrected chi connectivity index (χ0v) is 11.4. The van der Waals surface area contributed by atoms with Gasteiger partial charge in [0.05, 0.1) is 0 Å². The highest BCUT2D eigenvalue weighted by atomic mass is 14.9. The lowest BCUT2D eigenvalue weighted by Gasteiger charge is -2.28. The van der Waals surface area contributed by atoms with E-state index in [0.29, 0.717) is 17.4 Å². The molecule has 0 bridgehead atoms. The van der Waals surface area contributed by atoms with E-state index in [4.69, 9.17) is 5.73 Å². The van der Waals surface area contributed by atoms with E-state index >= 15 is 0 Å². The summed E-state index contributed by atoms with van der Waals surface area (Å²) in [6.07, 6.45) is 1.23. The predicted molar refractivity (Wildman–Crippen MR) is 68.9 cm³/mol. The summed E-state index contributed by atoms with van der Waals surface area (Å²) in [7, 11) is 0. The molecular weight excluding hydrogens is 184 g/mol. The Morgan fingerprint density at radius 3 is 2.00 bits per heavy atom. The highest BCUT2D eigenvalue weighted by Crippen LogP contribution is 2.27. The number of nitrogens with two attached hydrogens (primary N) is 1. The molecule has 0 rings (SSSR count). The number of rotatable bonds is 6. The first-order chi connectivity index (χ1) is 6.79. The molecule has 2 atom stereocenters. The van der Waals surface area contributed by atoms with Crippen molar-refractivity contribution in [2.75, 3.05) is 13.1 Å². The minimum absolute atomic E-state index is 0.414. The third-order valence-corrected chi connectivity index (χ3v) is 3.52. The fourth-order valence-corrected chi connectivity index (χ4v) is 1.51. The summed E-state index contributed by atoms with van der Waals surface area (Å²) >= 11 is 0. The normalized spacial score (nSPS) is 16.8. The van der Waals surface area contributed by atoms with Gasteiger partial charge in [0.2, 0.25) is 0 Å². The Hall–Kier alpha value is -0.0800. The van der Waals surface area contributed by atoms with Crippen LogP contribution in [0.3, 0.4) is 0 Å². The maximum atomic E-state index is 5.71. The molecule has 0 fully saturated rings. The molecule has 0 spiro atoms. The van der Waals surface area contributed by atoms with Crippen molar-refractivity contribution in [2.24, 2.45) is 23.0 Å². The standard InChI is InChI=1S/C13H30N2/c1-10(2)12(9-14)15-8-7-11(3)13(4,5)6/h10-12,15H,7-9,14H2,1-6H3. The third kappa shape index (κ3) is 6.16. The van der Waals surface area contributed by atoms with Gasteiger partial charge >= 0.3 is 0 Å². The van der Waals surface area contributed by atoms with Crippen molar-refractivity contribution >= 4 is 0 Å². The zero-order valence-electron chi connectivity index (χ0n) is 11.4. The second-order valence-electron chi connectivity index (χ2n) is 6.10. The lowest BCUT2D eigenvalue weighted by molar-refractivity contribution is 0.239. The van der Waals surface area contributed by atoms with Gasteiger partial charge in [-0.15, -0.1) is 0 Å². The van der Waals surface area contributed by atoms with Gasteiger partial charge in [0.1, 0.15) is 0 Å². The summed E-state index contributed by atoms with van der Waals surface area (Å²) in [6, 6.07) is 0.470. The van der Waals surface area contributed by atoms with Gasteiger partial charge in [-0.1, -0.05) is 41.5 Å². The summed E-state index contributed by atoms with van der Waals surface area (Å²) in [5.41, 5.74) is 6.13. The van der Waals surface area contributed by atoms with Crippen LogP contribution in [0.2, 0.25) is 0 Å². The topological polar surface area (TPSA) is 38.0 Å². The molecule has 2 nitrogen and oxygen atoms in total. The van der Waals surface area contributed by atoms with Crippen molar-refractivity contribution in [2.45, 2.75) is 54.0 Å². The van der Waals surface area contributed by atoms with Gasteiger partial charge in [0, 0.05) is 12.6 Å². The molecule has 0 saturated heterocycles. The Morgan fingerprint density at radius 2 is 1.67 bits per heavy atom. The van der Waals surface area contributed by atoms with Crippen molar-refractivity contribution in [3.05, 3.63) is 0 Å². The van der Waals surface area contributed by atoms with E-state index in [1.807, 2.05) is 0 Å². The van der Waals surface area contributed by atoms with Crippen LogP contribution in [0.5, 0.6) is 0 Å². The van der Waals surface area contributed by atoms with Crippen molar-refractivity contribution in [1.29, 1.82) is 0 Å². The van der Waals surface area contributed by atoms with Crippen LogP contribution in [-0.4, -0.2) is 19.1 Å². The lowest BCUT2D eigenvalue weighted by Crippen LogP contribution is -2.41. The van der Waals surface area contributed by atoms with Gasteiger partial charge in [0.15, 0.2) is 0 Å². The van der Waals surface area contributed by atoms with Crippen molar-refractivity contribution in [1.82, 2.24) is 5.32 Å². The van der Waals surface area contributed by atoms with E-state index in [9.17, 15) is 0 Å². The first kappa shape index (κ1) is 14.9. The molecule has 92 valence electrons. The van der Waals surface area contributed by atoms with E-state index in [2.05, 4.69) is 46.9 Å². The molecule has 0 aliphatic heterocycles. The van der Waals surface area contributed by atoms with Gasteiger partial charge in [-0.05, 0) is 30.2 Å². The van der Waals surface area contributed by atoms with E-state index < -0.39 is 0 Å². The van der Waals surface area contributed by atoms with Crippen LogP contribution in [0.4, 0.5) is 0 Å². The fraction of sp³-hybridized carbons (Fsp3) is 1.00. The monoisotopic (exact) mass is 214 g/mol. The molecule has 0 heterocycles. The Labute approximate surface area is 96.0 Å². The van der Waals surface area contributed by atoms with Crippen LogP contribution in [0.25, 0.3) is 0 Å². The second-order valence-corrected chi connectivity index (χ2v) is 6.10. The molecule has 0 aromatic carbocycles. The third-order valence-electron chi connectivity index (χ3n) is 3.52. The molecule has 0 aliphatic rings. The molecule has 0 aliphatic carbocycles. The molecule has 0 aromatic heterocycles. The van der Waals surface area contributed by atoms with E-state index in [0.717, 1.165) is 19.0 Å². The quantitative estimate of drug-likeness (QED) is 0.713. The Morgan fingerprint density at radius 1 is 1.13 bits per heavy atom. The van der Waals surface area contributed by atoms with Gasteiger partial charge in [-0.2, -0.15) is 0 Å². The molecule has 0 aromatic rings. The van der Waals surface area contributed by atoms with Gasteiger partial charge < -0.3 is 11.1 Å². The highest BCUT2D eigenvalue weighted by Gasteiger charge is 2.19. The van der Waals surface area contributed by atoms with Crippen LogP contribution in [0.15, 0.2) is 0 Å². The summed E-state index contributed by atoms with van der Waals surface area (Å²) in [5.74, 6) is 1.37. The Kier molecular flexibility index (Phi) is 6.46. The SMILES string of the molecule is CC(C)C(CN)NCCC(C)C(C)(C)C. The maximum Gasteiger partial charge on any atom is 0.0213 e. The number of hydrogen-bond donors (Lipinski definition) is 2. The van der Waals surface area contributed by atoms with Gasteiger partial charge in [-0.25, -0.2) is 0 Å². The molecule has 15 heavy (non-hydrogen) atoms. The summed E-state index contributed by atoms with van der Waals surface area (Å²) < 4.78 is 0. The fourth-order valence-electron chi connectivity index (χ4n) is 1.51. The smallest absolute Gasteiger partial charge is 0.0213 e. The highest BCUT2D eigenvalue weighted by molar-refractivity contribution is 4.74. The Bertz CT molecular complexity index is 156. The average molecular weight is 214 g/mol. The van der Waals surface area contributed by atoms with Crippen molar-refractivity contribution in [3.8, 4) is 0 Å². The van der Waals surface area contributed by atoms with Gasteiger partial charge in [0.25, 0.3) is 0 Å². The van der Waals surface area contributed by atoms with Crippen LogP contribution < -0.4 is 11.1 Å². The average Bonchev–Trinajstić information content (AvgIpc) is 2.09. The van der Waals surface area contributed by atoms with Crippen molar-refractivity contribution in [3.63, 3.8) is 0 Å². The molecule has 2 heteroatoms. The largest absolute Gasteiger partial charge is 0.329 e. The Balaban J connectivity index is 3.78. The van der Waals surface area contributed by atoms with E-state index in [1.165, 1.54) is 6.42 Å². The number of hydrogen-bond acceptors (Lipinski definition) is 2. The second kappa shape index (κ2) is 6.49. The molecule has 3 N–H and O–H groups in total. The zero-order chi connectivity index (χ0) is 12.1. The molecule has 0 radical (unpaired) electrons. The summed E-state index contributed by atoms with van der Waals surface area (Å²) in [4.78, 5) is 0. The predicted octanol–water partition coefficient (Wildman–Crippen LogP) is 2.63. The van der Waals surface area contributed by atoms with E-state index in [-0.39, 0.29) is 0 Å². The summed E-state index contributed by atoms with van der Waals surface area (Å²) in [5, 5.41) is 3.55. The molecule has 0 amide bonds. The summed E-state index contributed by atoms with van der Waals surface area (Å²) in [6.45, 7) is 15.5. The molecular formula is C13H30N2. The minimum Gasteiger partial charge on any atom is -0.329 e. The molecule has 0 saturated carbocycles. The maximum absolute atomic E-state index is 5.71. The van der Waals surface area contributed by atoms with Crippen LogP contribution in [0, 0.1) is 17.3 Å². The van der Waals surface area contributed by atoms with Crippen molar-refractivity contribution < 1.29 is 0 Å². The number of nitrogens with one attached hydrogen (secondary N) is 1. The lowest BCUT2D eigenvalue weighted by atomic mass is 9.80.